The Morgan fingerprint density at radius 3 is 2.65 bits per heavy atom. The summed E-state index contributed by atoms with van der Waals surface area (Å²) in [6.45, 7) is 6.01. The van der Waals surface area contributed by atoms with E-state index in [4.69, 9.17) is 5.11 Å². The van der Waals surface area contributed by atoms with Crippen molar-refractivity contribution in [1.82, 2.24) is 14.9 Å². The molecule has 0 bridgehead atoms. The van der Waals surface area contributed by atoms with E-state index in [0.717, 1.165) is 31.3 Å². The molecule has 0 spiro atoms. The summed E-state index contributed by atoms with van der Waals surface area (Å²) in [7, 11) is 0. The number of aliphatic hydroxyl groups excluding tert-OH is 2. The van der Waals surface area contributed by atoms with Crippen LogP contribution in [-0.4, -0.2) is 77.6 Å². The van der Waals surface area contributed by atoms with Crippen molar-refractivity contribution in [2.24, 2.45) is 11.8 Å². The molecule has 2 atom stereocenters. The fourth-order valence-corrected chi connectivity index (χ4v) is 3.64. The van der Waals surface area contributed by atoms with Crippen LogP contribution in [0.4, 0.5) is 11.6 Å². The highest BCUT2D eigenvalue weighted by atomic mass is 16.3. The Bertz CT molecular complexity index is 495. The highest BCUT2D eigenvalue weighted by Crippen LogP contribution is 2.29. The molecule has 2 aliphatic heterocycles. The van der Waals surface area contributed by atoms with E-state index < -0.39 is 0 Å². The minimum absolute atomic E-state index is 0.0769. The van der Waals surface area contributed by atoms with E-state index in [1.54, 1.807) is 6.33 Å². The van der Waals surface area contributed by atoms with E-state index in [2.05, 4.69) is 25.1 Å². The molecule has 23 heavy (non-hydrogen) atoms. The lowest BCUT2D eigenvalue weighted by molar-refractivity contribution is 0.176. The summed E-state index contributed by atoms with van der Waals surface area (Å²) in [5.74, 6) is 2.41. The standard InChI is InChI=1S/C16H27N5O2/c22-6-3-17-15-7-16(19-12-18-15)21-9-13(14(10-21)11-23)8-20-4-1-2-5-20/h7,12-14,22-23H,1-6,8-11H2,(H,17,18,19)/t13-,14-/m0/s1. The Morgan fingerprint density at radius 1 is 1.13 bits per heavy atom. The van der Waals surface area contributed by atoms with Gasteiger partial charge in [0, 0.05) is 44.8 Å². The first-order valence-corrected chi connectivity index (χ1v) is 8.55. The Kier molecular flexibility index (Phi) is 5.64. The largest absolute Gasteiger partial charge is 0.396 e. The molecule has 3 rings (SSSR count). The molecule has 2 fully saturated rings. The molecule has 7 heteroatoms. The molecular weight excluding hydrogens is 294 g/mol. The third-order valence-corrected chi connectivity index (χ3v) is 4.90. The normalized spacial score (nSPS) is 25.2. The van der Waals surface area contributed by atoms with Gasteiger partial charge in [0.2, 0.25) is 0 Å². The van der Waals surface area contributed by atoms with Gasteiger partial charge in [-0.25, -0.2) is 9.97 Å². The van der Waals surface area contributed by atoms with Gasteiger partial charge in [0.05, 0.1) is 6.61 Å². The Morgan fingerprint density at radius 2 is 1.91 bits per heavy atom. The van der Waals surface area contributed by atoms with Crippen molar-refractivity contribution in [3.05, 3.63) is 12.4 Å². The quantitative estimate of drug-likeness (QED) is 0.653. The number of hydrogen-bond donors (Lipinski definition) is 3. The molecule has 0 amide bonds. The average molecular weight is 321 g/mol. The van der Waals surface area contributed by atoms with Crippen LogP contribution in [-0.2, 0) is 0 Å². The second kappa shape index (κ2) is 7.90. The molecule has 0 radical (unpaired) electrons. The van der Waals surface area contributed by atoms with Crippen LogP contribution in [0.15, 0.2) is 12.4 Å². The fourth-order valence-electron chi connectivity index (χ4n) is 3.64. The number of nitrogens with zero attached hydrogens (tertiary/aromatic N) is 4. The van der Waals surface area contributed by atoms with Crippen molar-refractivity contribution < 1.29 is 10.2 Å². The summed E-state index contributed by atoms with van der Waals surface area (Å²) in [5.41, 5.74) is 0. The maximum Gasteiger partial charge on any atom is 0.134 e. The molecule has 1 aromatic rings. The molecular formula is C16H27N5O2. The SMILES string of the molecule is OCCNc1cc(N2C[C@@H](CO)[C@@H](CN3CCCC3)C2)ncn1. The summed E-state index contributed by atoms with van der Waals surface area (Å²) >= 11 is 0. The van der Waals surface area contributed by atoms with Gasteiger partial charge in [-0.15, -0.1) is 0 Å². The van der Waals surface area contributed by atoms with Gasteiger partial charge >= 0.3 is 0 Å². The average Bonchev–Trinajstić information content (AvgIpc) is 3.23. The minimum atomic E-state index is 0.0769. The number of likely N-dealkylation sites (tertiary alicyclic amines) is 1. The molecule has 1 aromatic heterocycles. The second-order valence-corrected chi connectivity index (χ2v) is 6.53. The second-order valence-electron chi connectivity index (χ2n) is 6.53. The Hall–Kier alpha value is -1.44. The van der Waals surface area contributed by atoms with Gasteiger partial charge < -0.3 is 25.3 Å². The van der Waals surface area contributed by atoms with Crippen LogP contribution in [0, 0.1) is 11.8 Å². The molecule has 7 nitrogen and oxygen atoms in total. The lowest BCUT2D eigenvalue weighted by Crippen LogP contribution is -2.32. The minimum Gasteiger partial charge on any atom is -0.396 e. The highest BCUT2D eigenvalue weighted by molar-refractivity contribution is 5.49. The molecule has 0 saturated carbocycles. The third kappa shape index (κ3) is 4.10. The molecule has 0 aliphatic carbocycles. The summed E-state index contributed by atoms with van der Waals surface area (Å²) in [4.78, 5) is 13.3. The maximum atomic E-state index is 9.73. The Balaban J connectivity index is 1.63. The number of rotatable bonds is 7. The van der Waals surface area contributed by atoms with E-state index in [1.165, 1.54) is 25.9 Å². The number of aliphatic hydroxyl groups is 2. The first-order valence-electron chi connectivity index (χ1n) is 8.55. The van der Waals surface area contributed by atoms with E-state index in [1.807, 2.05) is 6.07 Å². The molecule has 0 aromatic carbocycles. The molecule has 3 heterocycles. The van der Waals surface area contributed by atoms with Crippen molar-refractivity contribution in [3.8, 4) is 0 Å². The van der Waals surface area contributed by atoms with Gasteiger partial charge in [0.25, 0.3) is 0 Å². The van der Waals surface area contributed by atoms with Crippen LogP contribution < -0.4 is 10.2 Å². The molecule has 2 aliphatic rings. The van der Waals surface area contributed by atoms with Crippen LogP contribution in [0.5, 0.6) is 0 Å². The summed E-state index contributed by atoms with van der Waals surface area (Å²) < 4.78 is 0. The van der Waals surface area contributed by atoms with E-state index in [0.29, 0.717) is 18.4 Å². The zero-order chi connectivity index (χ0) is 16.1. The first kappa shape index (κ1) is 16.4. The Labute approximate surface area is 137 Å². The third-order valence-electron chi connectivity index (χ3n) is 4.90. The smallest absolute Gasteiger partial charge is 0.134 e. The highest BCUT2D eigenvalue weighted by Gasteiger charge is 2.34. The first-order chi connectivity index (χ1) is 11.3. The van der Waals surface area contributed by atoms with Gasteiger partial charge in [-0.1, -0.05) is 0 Å². The van der Waals surface area contributed by atoms with E-state index in [9.17, 15) is 5.11 Å². The topological polar surface area (TPSA) is 84.8 Å². The van der Waals surface area contributed by atoms with Gasteiger partial charge in [-0.05, 0) is 31.8 Å². The van der Waals surface area contributed by atoms with Crippen LogP contribution in [0.3, 0.4) is 0 Å². The molecule has 3 N–H and O–H groups in total. The number of aromatic nitrogens is 2. The predicted molar refractivity (Wildman–Crippen MR) is 89.6 cm³/mol. The van der Waals surface area contributed by atoms with Crippen LogP contribution >= 0.6 is 0 Å². The van der Waals surface area contributed by atoms with Gasteiger partial charge in [0.15, 0.2) is 0 Å². The summed E-state index contributed by atoms with van der Waals surface area (Å²) in [5, 5.41) is 21.7. The molecule has 128 valence electrons. The maximum absolute atomic E-state index is 9.73. The summed E-state index contributed by atoms with van der Waals surface area (Å²) in [6.07, 6.45) is 4.15. The van der Waals surface area contributed by atoms with Gasteiger partial charge in [0.1, 0.15) is 18.0 Å². The fraction of sp³-hybridized carbons (Fsp3) is 0.750. The number of nitrogens with one attached hydrogen (secondary N) is 1. The molecule has 2 saturated heterocycles. The van der Waals surface area contributed by atoms with Crippen molar-refractivity contribution in [1.29, 1.82) is 0 Å². The molecule has 0 unspecified atom stereocenters. The monoisotopic (exact) mass is 321 g/mol. The zero-order valence-electron chi connectivity index (χ0n) is 13.6. The van der Waals surface area contributed by atoms with Gasteiger partial charge in [-0.2, -0.15) is 0 Å². The van der Waals surface area contributed by atoms with Crippen molar-refractivity contribution >= 4 is 11.6 Å². The number of hydrogen-bond acceptors (Lipinski definition) is 7. The zero-order valence-corrected chi connectivity index (χ0v) is 13.6. The lowest BCUT2D eigenvalue weighted by Gasteiger charge is -2.23. The van der Waals surface area contributed by atoms with Gasteiger partial charge in [-0.3, -0.25) is 0 Å². The van der Waals surface area contributed by atoms with Crippen LogP contribution in [0.2, 0.25) is 0 Å². The van der Waals surface area contributed by atoms with E-state index >= 15 is 0 Å². The van der Waals surface area contributed by atoms with Crippen molar-refractivity contribution in [2.75, 3.05) is 62.7 Å². The van der Waals surface area contributed by atoms with Crippen LogP contribution in [0.25, 0.3) is 0 Å². The van der Waals surface area contributed by atoms with E-state index in [-0.39, 0.29) is 13.2 Å². The van der Waals surface area contributed by atoms with Crippen molar-refractivity contribution in [3.63, 3.8) is 0 Å². The van der Waals surface area contributed by atoms with Crippen LogP contribution in [0.1, 0.15) is 12.8 Å². The lowest BCUT2D eigenvalue weighted by atomic mass is 9.96. The van der Waals surface area contributed by atoms with Crippen molar-refractivity contribution in [2.45, 2.75) is 12.8 Å². The summed E-state index contributed by atoms with van der Waals surface area (Å²) in [6, 6.07) is 1.92. The predicted octanol–water partition coefficient (Wildman–Crippen LogP) is 0.0213. The number of anilines is 2.